The summed E-state index contributed by atoms with van der Waals surface area (Å²) in [5.41, 5.74) is 5.65. The molecule has 1 heterocycles. The van der Waals surface area contributed by atoms with Crippen molar-refractivity contribution >= 4 is 15.7 Å². The highest BCUT2D eigenvalue weighted by atomic mass is 32.2. The van der Waals surface area contributed by atoms with E-state index in [-0.39, 0.29) is 24.5 Å². The Kier molecular flexibility index (Phi) is 7.26. The monoisotopic (exact) mass is 319 g/mol. The number of nitrogens with two attached hydrogens (primary N) is 1. The van der Waals surface area contributed by atoms with Gasteiger partial charge in [0.1, 0.15) is 0 Å². The smallest absolute Gasteiger partial charge is 0.218 e. The van der Waals surface area contributed by atoms with Crippen LogP contribution in [0.2, 0.25) is 0 Å². The second-order valence-corrected chi connectivity index (χ2v) is 6.81. The molecule has 0 aromatic carbocycles. The van der Waals surface area contributed by atoms with Gasteiger partial charge in [-0.1, -0.05) is 5.21 Å². The predicted octanol–water partition coefficient (Wildman–Crippen LogP) is -1.70. The lowest BCUT2D eigenvalue weighted by Crippen LogP contribution is -2.21. The number of methoxy groups -OCH3 is 1. The average molecular weight is 319 g/mol. The topological polar surface area (TPSA) is 129 Å². The van der Waals surface area contributed by atoms with E-state index in [1.165, 1.54) is 4.68 Å². The highest BCUT2D eigenvalue weighted by molar-refractivity contribution is 7.91. The Hall–Kier alpha value is -1.52. The van der Waals surface area contributed by atoms with Gasteiger partial charge in [-0.2, -0.15) is 0 Å². The lowest BCUT2D eigenvalue weighted by molar-refractivity contribution is -0.117. The quantitative estimate of drug-likeness (QED) is 0.465. The van der Waals surface area contributed by atoms with E-state index in [2.05, 4.69) is 15.6 Å². The molecule has 0 spiro atoms. The fraction of sp³-hybridized carbons (Fsp3) is 0.727. The zero-order chi connectivity index (χ0) is 15.7. The minimum Gasteiger partial charge on any atom is -0.383 e. The first-order valence-electron chi connectivity index (χ1n) is 6.50. The van der Waals surface area contributed by atoms with Crippen LogP contribution >= 0.6 is 0 Å². The Morgan fingerprint density at radius 2 is 2.24 bits per heavy atom. The second kappa shape index (κ2) is 8.70. The fourth-order valence-corrected chi connectivity index (χ4v) is 2.69. The van der Waals surface area contributed by atoms with Crippen molar-refractivity contribution in [1.29, 1.82) is 0 Å². The molecule has 0 unspecified atom stereocenters. The number of carbonyl (C=O) groups is 1. The molecule has 0 aliphatic heterocycles. The predicted molar refractivity (Wildman–Crippen MR) is 76.1 cm³/mol. The number of hydrogen-bond donors (Lipinski definition) is 2. The maximum Gasteiger partial charge on any atom is 0.218 e. The normalized spacial score (nSPS) is 11.7. The minimum absolute atomic E-state index is 0.0970. The molecule has 10 heteroatoms. The molecule has 1 rings (SSSR count). The Labute approximate surface area is 123 Å². The van der Waals surface area contributed by atoms with E-state index in [0.717, 1.165) is 5.69 Å². The molecule has 0 aliphatic carbocycles. The third-order valence-corrected chi connectivity index (χ3v) is 4.30. The number of aryl methyl sites for hydroxylation is 1. The minimum atomic E-state index is -3.31. The van der Waals surface area contributed by atoms with Crippen molar-refractivity contribution in [2.75, 3.05) is 31.8 Å². The van der Waals surface area contributed by atoms with Crippen LogP contribution in [0.4, 0.5) is 0 Å². The van der Waals surface area contributed by atoms with Crippen molar-refractivity contribution in [3.63, 3.8) is 0 Å². The molecule has 1 amide bonds. The van der Waals surface area contributed by atoms with Gasteiger partial charge in [0.15, 0.2) is 9.84 Å². The number of ether oxygens (including phenoxy) is 1. The summed E-state index contributed by atoms with van der Waals surface area (Å²) in [5.74, 6) is -0.952. The van der Waals surface area contributed by atoms with Crippen LogP contribution in [0.15, 0.2) is 6.20 Å². The van der Waals surface area contributed by atoms with E-state index in [4.69, 9.17) is 10.5 Å². The summed E-state index contributed by atoms with van der Waals surface area (Å²) in [5, 5.41) is 10.9. The van der Waals surface area contributed by atoms with Crippen molar-refractivity contribution < 1.29 is 17.9 Å². The van der Waals surface area contributed by atoms with Crippen molar-refractivity contribution in [3.05, 3.63) is 11.9 Å². The van der Waals surface area contributed by atoms with Gasteiger partial charge in [-0.05, 0) is 0 Å². The van der Waals surface area contributed by atoms with Crippen molar-refractivity contribution in [3.8, 4) is 0 Å². The summed E-state index contributed by atoms with van der Waals surface area (Å²) in [4.78, 5) is 10.6. The summed E-state index contributed by atoms with van der Waals surface area (Å²) >= 11 is 0. The zero-order valence-electron chi connectivity index (χ0n) is 12.0. The van der Waals surface area contributed by atoms with Gasteiger partial charge in [0.25, 0.3) is 0 Å². The summed E-state index contributed by atoms with van der Waals surface area (Å²) in [7, 11) is -1.69. The van der Waals surface area contributed by atoms with Gasteiger partial charge in [0.2, 0.25) is 5.91 Å². The molecule has 0 saturated carbocycles. The van der Waals surface area contributed by atoms with Crippen LogP contribution < -0.4 is 11.1 Å². The number of nitrogens with zero attached hydrogens (tertiary/aromatic N) is 3. The van der Waals surface area contributed by atoms with Crippen molar-refractivity contribution in [1.82, 2.24) is 20.3 Å². The Morgan fingerprint density at radius 1 is 1.48 bits per heavy atom. The van der Waals surface area contributed by atoms with Crippen LogP contribution in [0.25, 0.3) is 0 Å². The van der Waals surface area contributed by atoms with Gasteiger partial charge in [-0.15, -0.1) is 5.10 Å². The van der Waals surface area contributed by atoms with E-state index in [1.54, 1.807) is 13.3 Å². The highest BCUT2D eigenvalue weighted by Crippen LogP contribution is 1.98. The van der Waals surface area contributed by atoms with Crippen molar-refractivity contribution in [2.24, 2.45) is 5.73 Å². The number of nitrogens with one attached hydrogen (secondary N) is 1. The number of rotatable bonds is 11. The molecular weight excluding hydrogens is 298 g/mol. The molecular formula is C11H21N5O4S. The van der Waals surface area contributed by atoms with Crippen LogP contribution in [0.3, 0.4) is 0 Å². The number of sulfone groups is 1. The van der Waals surface area contributed by atoms with Gasteiger partial charge in [0.05, 0.1) is 30.4 Å². The maximum absolute atomic E-state index is 11.7. The summed E-state index contributed by atoms with van der Waals surface area (Å²) in [6.07, 6.45) is 1.53. The molecule has 0 bridgehead atoms. The van der Waals surface area contributed by atoms with Crippen LogP contribution in [0.5, 0.6) is 0 Å². The molecule has 0 atom stereocenters. The van der Waals surface area contributed by atoms with Gasteiger partial charge in [0, 0.05) is 32.8 Å². The van der Waals surface area contributed by atoms with Gasteiger partial charge >= 0.3 is 0 Å². The molecule has 1 aromatic rings. The Balaban J connectivity index is 2.35. The van der Waals surface area contributed by atoms with E-state index in [1.807, 2.05) is 0 Å². The van der Waals surface area contributed by atoms with Crippen LogP contribution in [0, 0.1) is 0 Å². The molecule has 9 nitrogen and oxygen atoms in total. The largest absolute Gasteiger partial charge is 0.383 e. The zero-order valence-corrected chi connectivity index (χ0v) is 12.8. The van der Waals surface area contributed by atoms with Crippen molar-refractivity contribution in [2.45, 2.75) is 19.5 Å². The molecule has 3 N–H and O–H groups in total. The molecule has 0 fully saturated rings. The fourth-order valence-electron chi connectivity index (χ4n) is 1.51. The average Bonchev–Trinajstić information content (AvgIpc) is 2.88. The summed E-state index contributed by atoms with van der Waals surface area (Å²) < 4.78 is 29.7. The maximum atomic E-state index is 11.7. The number of hydrogen-bond acceptors (Lipinski definition) is 7. The molecule has 0 radical (unpaired) electrons. The standard InChI is InChI=1S/C11H21N5O4S/c1-20-5-3-13-8-10-9-16(15-14-10)4-7-21(18,19)6-2-11(12)17/h9,13H,2-8H2,1H3,(H2,12,17). The molecule has 120 valence electrons. The number of aromatic nitrogens is 3. The Bertz CT molecular complexity index is 543. The second-order valence-electron chi connectivity index (χ2n) is 4.51. The van der Waals surface area contributed by atoms with Crippen LogP contribution in [-0.2, 0) is 32.5 Å². The molecule has 21 heavy (non-hydrogen) atoms. The first kappa shape index (κ1) is 17.5. The molecule has 1 aromatic heterocycles. The van der Waals surface area contributed by atoms with E-state index in [0.29, 0.717) is 19.7 Å². The lowest BCUT2D eigenvalue weighted by Gasteiger charge is -2.02. The van der Waals surface area contributed by atoms with Gasteiger partial charge in [-0.25, -0.2) is 8.42 Å². The van der Waals surface area contributed by atoms with Gasteiger partial charge < -0.3 is 15.8 Å². The third kappa shape index (κ3) is 7.73. The number of primary amides is 1. The van der Waals surface area contributed by atoms with E-state index >= 15 is 0 Å². The molecule has 0 saturated heterocycles. The van der Waals surface area contributed by atoms with Crippen LogP contribution in [-0.4, -0.2) is 61.1 Å². The third-order valence-electron chi connectivity index (χ3n) is 2.67. The SMILES string of the molecule is COCCNCc1cn(CCS(=O)(=O)CCC(N)=O)nn1. The van der Waals surface area contributed by atoms with Gasteiger partial charge in [-0.3, -0.25) is 9.48 Å². The summed E-state index contributed by atoms with van der Waals surface area (Å²) in [6.45, 7) is 2.04. The summed E-state index contributed by atoms with van der Waals surface area (Å²) in [6, 6.07) is 0. The lowest BCUT2D eigenvalue weighted by atomic mass is 10.4. The number of amides is 1. The van der Waals surface area contributed by atoms with E-state index in [9.17, 15) is 13.2 Å². The Morgan fingerprint density at radius 3 is 2.90 bits per heavy atom. The first-order valence-corrected chi connectivity index (χ1v) is 8.32. The number of carbonyl (C=O) groups excluding carboxylic acids is 1. The first-order chi connectivity index (χ1) is 9.93. The molecule has 0 aliphatic rings. The van der Waals surface area contributed by atoms with Crippen LogP contribution in [0.1, 0.15) is 12.1 Å². The van der Waals surface area contributed by atoms with E-state index < -0.39 is 15.7 Å². The highest BCUT2D eigenvalue weighted by Gasteiger charge is 2.13.